The molecule has 0 bridgehead atoms. The van der Waals surface area contributed by atoms with E-state index in [1.807, 2.05) is 41.0 Å². The average molecular weight is 472 g/mol. The highest BCUT2D eigenvalue weighted by Gasteiger charge is 2.24. The number of halogens is 1. The lowest BCUT2D eigenvalue weighted by atomic mass is 10.2. The fraction of sp³-hybridized carbons (Fsp3) is 0.227. The van der Waals surface area contributed by atoms with Gasteiger partial charge in [-0.25, -0.2) is 0 Å². The molecule has 0 spiro atoms. The second kappa shape index (κ2) is 9.97. The van der Waals surface area contributed by atoms with E-state index in [0.29, 0.717) is 39.7 Å². The van der Waals surface area contributed by atoms with Crippen molar-refractivity contribution in [2.75, 3.05) is 18.9 Å². The number of furan rings is 1. The van der Waals surface area contributed by atoms with Crippen LogP contribution in [0.25, 0.3) is 17.3 Å². The molecule has 10 heteroatoms. The van der Waals surface area contributed by atoms with E-state index in [0.717, 1.165) is 12.1 Å². The summed E-state index contributed by atoms with van der Waals surface area (Å²) in [4.78, 5) is 4.37. The summed E-state index contributed by atoms with van der Waals surface area (Å²) in [6.07, 6.45) is 4.00. The Morgan fingerprint density at radius 1 is 1.09 bits per heavy atom. The van der Waals surface area contributed by atoms with Crippen LogP contribution in [-0.2, 0) is 6.42 Å². The average Bonchev–Trinajstić information content (AvgIpc) is 3.48. The number of hydrogen-bond donors (Lipinski definition) is 1. The van der Waals surface area contributed by atoms with Gasteiger partial charge in [-0.2, -0.15) is 0 Å². The fourth-order valence-electron chi connectivity index (χ4n) is 3.20. The van der Waals surface area contributed by atoms with Crippen molar-refractivity contribution < 1.29 is 13.9 Å². The molecule has 1 atom stereocenters. The predicted octanol–water partition coefficient (Wildman–Crippen LogP) is 5.28. The molecule has 0 radical (unpaired) electrons. The van der Waals surface area contributed by atoms with E-state index in [4.69, 9.17) is 25.5 Å². The Balaban J connectivity index is 1.66. The van der Waals surface area contributed by atoms with Crippen LogP contribution in [0, 0.1) is 0 Å². The van der Waals surface area contributed by atoms with Crippen LogP contribution >= 0.6 is 23.5 Å². The molecule has 166 valence electrons. The Labute approximate surface area is 195 Å². The van der Waals surface area contributed by atoms with Gasteiger partial charge in [-0.15, -0.1) is 10.2 Å². The van der Waals surface area contributed by atoms with Gasteiger partial charge in [0.1, 0.15) is 17.2 Å². The number of para-hydroxylation sites is 1. The van der Waals surface area contributed by atoms with Crippen LogP contribution < -0.4 is 14.2 Å². The van der Waals surface area contributed by atoms with Crippen molar-refractivity contribution in [2.24, 2.45) is 0 Å². The number of aromatic nitrogens is 4. The van der Waals surface area contributed by atoms with Crippen molar-refractivity contribution in [1.29, 1.82) is 0 Å². The maximum Gasteiger partial charge on any atom is 0.239 e. The third-order valence-electron chi connectivity index (χ3n) is 4.67. The van der Waals surface area contributed by atoms with Gasteiger partial charge in [0, 0.05) is 23.6 Å². The molecule has 3 aromatic heterocycles. The van der Waals surface area contributed by atoms with Crippen LogP contribution in [0.1, 0.15) is 12.6 Å². The van der Waals surface area contributed by atoms with Crippen LogP contribution in [-0.4, -0.2) is 39.2 Å². The molecule has 8 nitrogen and oxygen atoms in total. The van der Waals surface area contributed by atoms with Gasteiger partial charge < -0.3 is 13.9 Å². The molecule has 0 amide bonds. The van der Waals surface area contributed by atoms with Crippen molar-refractivity contribution >= 4 is 29.5 Å². The van der Waals surface area contributed by atoms with Crippen LogP contribution in [0.4, 0.5) is 5.95 Å². The second-order valence-corrected chi connectivity index (χ2v) is 8.55. The van der Waals surface area contributed by atoms with Gasteiger partial charge >= 0.3 is 0 Å². The Morgan fingerprint density at radius 2 is 1.88 bits per heavy atom. The van der Waals surface area contributed by atoms with E-state index in [1.54, 1.807) is 32.7 Å². The van der Waals surface area contributed by atoms with E-state index in [9.17, 15) is 0 Å². The molecule has 1 N–H and O–H groups in total. The monoisotopic (exact) mass is 471 g/mol. The Morgan fingerprint density at radius 3 is 2.50 bits per heavy atom. The van der Waals surface area contributed by atoms with Crippen LogP contribution in [0.15, 0.2) is 59.3 Å². The van der Waals surface area contributed by atoms with E-state index in [2.05, 4.69) is 26.8 Å². The van der Waals surface area contributed by atoms with Gasteiger partial charge in [-0.1, -0.05) is 24.6 Å². The summed E-state index contributed by atoms with van der Waals surface area (Å²) in [5.41, 5.74) is 1.63. The summed E-state index contributed by atoms with van der Waals surface area (Å²) in [6.45, 7) is 2.10. The summed E-state index contributed by atoms with van der Waals surface area (Å²) < 4.78 is 22.0. The third kappa shape index (κ3) is 4.68. The molecule has 1 unspecified atom stereocenters. The summed E-state index contributed by atoms with van der Waals surface area (Å²) in [5.74, 6) is 2.83. The topological polar surface area (TPSA) is 87.2 Å². The Hall–Kier alpha value is -3.17. The molecule has 0 aliphatic carbocycles. The zero-order valence-electron chi connectivity index (χ0n) is 17.8. The number of nitrogens with zero attached hydrogens (tertiary/aromatic N) is 4. The van der Waals surface area contributed by atoms with Gasteiger partial charge in [0.05, 0.1) is 25.5 Å². The summed E-state index contributed by atoms with van der Waals surface area (Å²) in [5, 5.41) is 9.55. The standard InChI is InChI=1S/C22H22ClN5O3S/c1-14(12-16-10-9-15(23)13-24-16)32-27-22-26-25-21(19-8-5-11-31-19)28(22)20-17(29-2)6-4-7-18(20)30-3/h4-11,13-14H,12H2,1-3H3,(H,26,27). The van der Waals surface area contributed by atoms with Gasteiger partial charge in [-0.05, 0) is 48.3 Å². The normalized spacial score (nSPS) is 11.9. The number of benzene rings is 1. The van der Waals surface area contributed by atoms with Gasteiger partial charge in [0.2, 0.25) is 11.8 Å². The maximum atomic E-state index is 5.93. The van der Waals surface area contributed by atoms with Gasteiger partial charge in [-0.3, -0.25) is 14.3 Å². The minimum Gasteiger partial charge on any atom is -0.494 e. The van der Waals surface area contributed by atoms with Crippen LogP contribution in [0.3, 0.4) is 0 Å². The molecule has 1 aromatic carbocycles. The number of nitrogens with one attached hydrogen (secondary N) is 1. The molecule has 0 saturated carbocycles. The summed E-state index contributed by atoms with van der Waals surface area (Å²) >= 11 is 7.45. The first-order valence-electron chi connectivity index (χ1n) is 9.83. The molecule has 32 heavy (non-hydrogen) atoms. The summed E-state index contributed by atoms with van der Waals surface area (Å²) in [7, 11) is 3.22. The van der Waals surface area contributed by atoms with Crippen LogP contribution in [0.5, 0.6) is 11.5 Å². The van der Waals surface area contributed by atoms with Gasteiger partial charge in [0.25, 0.3) is 0 Å². The number of ether oxygens (including phenoxy) is 2. The summed E-state index contributed by atoms with van der Waals surface area (Å²) in [6, 6.07) is 13.0. The molecule has 0 fully saturated rings. The van der Waals surface area contributed by atoms with Crippen molar-refractivity contribution in [1.82, 2.24) is 19.7 Å². The van der Waals surface area contributed by atoms with E-state index in [-0.39, 0.29) is 5.25 Å². The van der Waals surface area contributed by atoms with E-state index >= 15 is 0 Å². The molecule has 4 rings (SSSR count). The lowest BCUT2D eigenvalue weighted by Crippen LogP contribution is -2.10. The van der Waals surface area contributed by atoms with Gasteiger partial charge in [0.15, 0.2) is 5.76 Å². The molecule has 0 aliphatic heterocycles. The Bertz CT molecular complexity index is 1140. The maximum absolute atomic E-state index is 5.93. The molecule has 3 heterocycles. The van der Waals surface area contributed by atoms with Crippen molar-refractivity contribution in [3.05, 3.63) is 65.6 Å². The molecule has 4 aromatic rings. The fourth-order valence-corrected chi connectivity index (χ4v) is 4.00. The Kier molecular flexibility index (Phi) is 6.87. The van der Waals surface area contributed by atoms with E-state index < -0.39 is 0 Å². The highest BCUT2D eigenvalue weighted by molar-refractivity contribution is 8.01. The first-order valence-corrected chi connectivity index (χ1v) is 11.1. The van der Waals surface area contributed by atoms with Crippen molar-refractivity contribution in [3.8, 4) is 28.8 Å². The lowest BCUT2D eigenvalue weighted by Gasteiger charge is -2.18. The van der Waals surface area contributed by atoms with Crippen molar-refractivity contribution in [2.45, 2.75) is 18.6 Å². The highest BCUT2D eigenvalue weighted by atomic mass is 35.5. The SMILES string of the molecule is COc1cccc(OC)c1-n1c(NSC(C)Cc2ccc(Cl)cn2)nnc1-c1ccco1. The molecular formula is C22H22ClN5O3S. The number of rotatable bonds is 9. The lowest BCUT2D eigenvalue weighted by molar-refractivity contribution is 0.391. The van der Waals surface area contributed by atoms with Crippen LogP contribution in [0.2, 0.25) is 5.02 Å². The number of hydrogen-bond acceptors (Lipinski definition) is 8. The zero-order chi connectivity index (χ0) is 22.5. The predicted molar refractivity (Wildman–Crippen MR) is 126 cm³/mol. The zero-order valence-corrected chi connectivity index (χ0v) is 19.4. The first kappa shape index (κ1) is 22.0. The number of methoxy groups -OCH3 is 2. The van der Waals surface area contributed by atoms with E-state index in [1.165, 1.54) is 11.9 Å². The minimum absolute atomic E-state index is 0.195. The number of anilines is 1. The largest absolute Gasteiger partial charge is 0.494 e. The minimum atomic E-state index is 0.195. The second-order valence-electron chi connectivity index (χ2n) is 6.87. The van der Waals surface area contributed by atoms with Crippen molar-refractivity contribution in [3.63, 3.8) is 0 Å². The smallest absolute Gasteiger partial charge is 0.239 e. The quantitative estimate of drug-likeness (QED) is 0.330. The molecule has 0 saturated heterocycles. The molecular weight excluding hydrogens is 450 g/mol. The third-order valence-corrected chi connectivity index (χ3v) is 5.76. The first-order chi connectivity index (χ1) is 15.6. The highest BCUT2D eigenvalue weighted by Crippen LogP contribution is 2.38. The number of pyridine rings is 1. The molecule has 0 aliphatic rings.